The van der Waals surface area contributed by atoms with Gasteiger partial charge in [-0.15, -0.1) is 0 Å². The van der Waals surface area contributed by atoms with Crippen LogP contribution in [0.15, 0.2) is 0 Å². The molecule has 116 valence electrons. The quantitative estimate of drug-likeness (QED) is 0.747. The van der Waals surface area contributed by atoms with Crippen LogP contribution in [-0.4, -0.2) is 46.6 Å². The van der Waals surface area contributed by atoms with Crippen LogP contribution in [0.1, 0.15) is 33.6 Å². The lowest BCUT2D eigenvalue weighted by Crippen LogP contribution is -2.62. The van der Waals surface area contributed by atoms with Gasteiger partial charge in [0.2, 0.25) is 0 Å². The van der Waals surface area contributed by atoms with Gasteiger partial charge in [-0.1, -0.05) is 0 Å². The minimum Gasteiger partial charge on any atom is -0.444 e. The number of amides is 1. The summed E-state index contributed by atoms with van der Waals surface area (Å²) >= 11 is 0. The summed E-state index contributed by atoms with van der Waals surface area (Å²) in [6.45, 7) is 4.89. The van der Waals surface area contributed by atoms with Crippen LogP contribution in [0, 0.1) is 11.8 Å². The molecule has 2 bridgehead atoms. The van der Waals surface area contributed by atoms with Crippen LogP contribution >= 0.6 is 0 Å². The number of rotatable bonds is 0. The lowest BCUT2D eigenvalue weighted by molar-refractivity contribution is -0.297. The molecule has 20 heavy (non-hydrogen) atoms. The van der Waals surface area contributed by atoms with Crippen molar-refractivity contribution < 1.29 is 27.8 Å². The first kappa shape index (κ1) is 15.4. The van der Waals surface area contributed by atoms with Crippen molar-refractivity contribution in [2.24, 2.45) is 11.8 Å². The lowest BCUT2D eigenvalue weighted by atomic mass is 9.80. The van der Waals surface area contributed by atoms with E-state index < -0.39 is 35.3 Å². The van der Waals surface area contributed by atoms with E-state index in [1.165, 1.54) is 4.90 Å². The second kappa shape index (κ2) is 4.51. The fraction of sp³-hybridized carbons (Fsp3) is 0.923. The fourth-order valence-corrected chi connectivity index (χ4v) is 3.18. The summed E-state index contributed by atoms with van der Waals surface area (Å²) in [4.78, 5) is 13.2. The van der Waals surface area contributed by atoms with Crippen molar-refractivity contribution in [2.45, 2.75) is 51.0 Å². The number of aliphatic hydroxyl groups is 1. The van der Waals surface area contributed by atoms with Crippen LogP contribution in [0.25, 0.3) is 0 Å². The van der Waals surface area contributed by atoms with Gasteiger partial charge in [0, 0.05) is 24.9 Å². The third kappa shape index (κ3) is 2.47. The predicted molar refractivity (Wildman–Crippen MR) is 65.0 cm³/mol. The fourth-order valence-electron chi connectivity index (χ4n) is 3.18. The summed E-state index contributed by atoms with van der Waals surface area (Å²) in [5, 5.41) is 10.0. The Hall–Kier alpha value is -0.980. The highest BCUT2D eigenvalue weighted by Gasteiger charge is 2.67. The molecule has 2 unspecified atom stereocenters. The average molecular weight is 295 g/mol. The molecule has 0 aromatic rings. The summed E-state index contributed by atoms with van der Waals surface area (Å²) in [7, 11) is 0. The number of carbonyl (C=O) groups is 1. The zero-order chi connectivity index (χ0) is 15.3. The molecule has 1 aliphatic heterocycles. The Kier molecular flexibility index (Phi) is 3.48. The highest BCUT2D eigenvalue weighted by molar-refractivity contribution is 5.68. The Morgan fingerprint density at radius 3 is 2.00 bits per heavy atom. The van der Waals surface area contributed by atoms with Crippen molar-refractivity contribution in [1.82, 2.24) is 4.90 Å². The molecule has 1 saturated heterocycles. The van der Waals surface area contributed by atoms with Crippen LogP contribution in [0.5, 0.6) is 0 Å². The molecule has 2 fully saturated rings. The van der Waals surface area contributed by atoms with E-state index in [1.54, 1.807) is 20.8 Å². The molecule has 1 N–H and O–H groups in total. The molecule has 1 amide bonds. The summed E-state index contributed by atoms with van der Waals surface area (Å²) in [5.41, 5.74) is -3.35. The molecule has 7 heteroatoms. The van der Waals surface area contributed by atoms with Crippen LogP contribution in [0.2, 0.25) is 0 Å². The van der Waals surface area contributed by atoms with Gasteiger partial charge in [-0.25, -0.2) is 4.79 Å². The van der Waals surface area contributed by atoms with E-state index in [4.69, 9.17) is 4.74 Å². The summed E-state index contributed by atoms with van der Waals surface area (Å²) < 4.78 is 44.4. The first-order chi connectivity index (χ1) is 8.95. The molecule has 1 aliphatic carbocycles. The Morgan fingerprint density at radius 2 is 1.65 bits per heavy atom. The Balaban J connectivity index is 2.12. The Bertz CT molecular complexity index is 389. The number of nitrogens with zero attached hydrogens (tertiary/aromatic N) is 1. The second-order valence-electron chi connectivity index (χ2n) is 6.68. The third-order valence-corrected chi connectivity index (χ3v) is 4.10. The molecule has 2 atom stereocenters. The molecule has 2 rings (SSSR count). The van der Waals surface area contributed by atoms with E-state index in [9.17, 15) is 23.1 Å². The van der Waals surface area contributed by atoms with E-state index in [1.807, 2.05) is 0 Å². The van der Waals surface area contributed by atoms with E-state index in [2.05, 4.69) is 0 Å². The van der Waals surface area contributed by atoms with Crippen molar-refractivity contribution in [3.63, 3.8) is 0 Å². The number of piperidine rings is 1. The topological polar surface area (TPSA) is 49.8 Å². The Labute approximate surface area is 115 Å². The van der Waals surface area contributed by atoms with Gasteiger partial charge in [0.25, 0.3) is 0 Å². The molecule has 0 aromatic heterocycles. The summed E-state index contributed by atoms with van der Waals surface area (Å²) in [6, 6.07) is 0. The molecule has 2 aliphatic rings. The number of fused-ring (bicyclic) bond motifs is 2. The van der Waals surface area contributed by atoms with Crippen LogP contribution < -0.4 is 0 Å². The molecule has 4 nitrogen and oxygen atoms in total. The lowest BCUT2D eigenvalue weighted by Gasteiger charge is -2.44. The molecule has 0 radical (unpaired) electrons. The van der Waals surface area contributed by atoms with E-state index >= 15 is 0 Å². The van der Waals surface area contributed by atoms with E-state index in [0.29, 0.717) is 0 Å². The van der Waals surface area contributed by atoms with Gasteiger partial charge >= 0.3 is 12.3 Å². The number of hydrogen-bond acceptors (Lipinski definition) is 3. The number of likely N-dealkylation sites (tertiary alicyclic amines) is 1. The van der Waals surface area contributed by atoms with Gasteiger partial charge in [0.1, 0.15) is 5.60 Å². The zero-order valence-corrected chi connectivity index (χ0v) is 11.8. The first-order valence-corrected chi connectivity index (χ1v) is 6.72. The van der Waals surface area contributed by atoms with Crippen molar-refractivity contribution in [2.75, 3.05) is 13.1 Å². The zero-order valence-electron chi connectivity index (χ0n) is 11.8. The standard InChI is InChI=1S/C13H20F3NO3/c1-11(2,3)20-10(18)17-6-8-4-5-9(7-17)12(8,19)13(14,15)16/h8-9,19H,4-7H2,1-3H3. The van der Waals surface area contributed by atoms with Gasteiger partial charge in [-0.05, 0) is 33.6 Å². The molecule has 0 aromatic carbocycles. The number of alkyl halides is 3. The SMILES string of the molecule is CC(C)(C)OC(=O)N1CC2CCC(C1)C2(O)C(F)(F)F. The monoisotopic (exact) mass is 295 g/mol. The van der Waals surface area contributed by atoms with Crippen molar-refractivity contribution in [3.8, 4) is 0 Å². The number of ether oxygens (including phenoxy) is 1. The minimum atomic E-state index is -4.65. The maximum Gasteiger partial charge on any atom is 0.417 e. The number of hydrogen-bond donors (Lipinski definition) is 1. The molecular formula is C13H20F3NO3. The van der Waals surface area contributed by atoms with Gasteiger partial charge in [0.05, 0.1) is 0 Å². The third-order valence-electron chi connectivity index (χ3n) is 4.10. The first-order valence-electron chi connectivity index (χ1n) is 6.72. The van der Waals surface area contributed by atoms with E-state index in [0.717, 1.165) is 0 Å². The maximum absolute atomic E-state index is 13.1. The van der Waals surface area contributed by atoms with Gasteiger partial charge in [-0.3, -0.25) is 0 Å². The normalized spacial score (nSPS) is 34.2. The van der Waals surface area contributed by atoms with E-state index in [-0.39, 0.29) is 25.9 Å². The van der Waals surface area contributed by atoms with Gasteiger partial charge in [-0.2, -0.15) is 13.2 Å². The predicted octanol–water partition coefficient (Wildman–Crippen LogP) is 2.56. The van der Waals surface area contributed by atoms with Crippen molar-refractivity contribution in [1.29, 1.82) is 0 Å². The average Bonchev–Trinajstić information content (AvgIpc) is 2.47. The van der Waals surface area contributed by atoms with Gasteiger partial charge in [0.15, 0.2) is 5.60 Å². The molecule has 1 heterocycles. The van der Waals surface area contributed by atoms with Crippen molar-refractivity contribution >= 4 is 6.09 Å². The number of carbonyl (C=O) groups excluding carboxylic acids is 1. The van der Waals surface area contributed by atoms with Crippen molar-refractivity contribution in [3.05, 3.63) is 0 Å². The largest absolute Gasteiger partial charge is 0.444 e. The van der Waals surface area contributed by atoms with Crippen LogP contribution in [0.4, 0.5) is 18.0 Å². The highest BCUT2D eigenvalue weighted by Crippen LogP contribution is 2.53. The van der Waals surface area contributed by atoms with Gasteiger partial charge < -0.3 is 14.7 Å². The summed E-state index contributed by atoms with van der Waals surface area (Å²) in [6.07, 6.45) is -4.71. The number of halogens is 3. The molecular weight excluding hydrogens is 275 g/mol. The maximum atomic E-state index is 13.1. The molecule has 1 saturated carbocycles. The van der Waals surface area contributed by atoms with Crippen LogP contribution in [0.3, 0.4) is 0 Å². The molecule has 0 spiro atoms. The second-order valence-corrected chi connectivity index (χ2v) is 6.68. The minimum absolute atomic E-state index is 0.110. The summed E-state index contributed by atoms with van der Waals surface area (Å²) in [5.74, 6) is -1.93. The van der Waals surface area contributed by atoms with Crippen LogP contribution in [-0.2, 0) is 4.74 Å². The highest BCUT2D eigenvalue weighted by atomic mass is 19.4. The smallest absolute Gasteiger partial charge is 0.417 e. The Morgan fingerprint density at radius 1 is 1.20 bits per heavy atom.